The van der Waals surface area contributed by atoms with E-state index in [1.807, 2.05) is 48.5 Å². The van der Waals surface area contributed by atoms with Gasteiger partial charge >= 0.3 is 0 Å². The fourth-order valence-corrected chi connectivity index (χ4v) is 5.84. The minimum absolute atomic E-state index is 0.136. The minimum Gasteiger partial charge on any atom is -0.306 e. The van der Waals surface area contributed by atoms with E-state index in [4.69, 9.17) is 28.4 Å². The van der Waals surface area contributed by atoms with E-state index >= 15 is 0 Å². The van der Waals surface area contributed by atoms with E-state index in [2.05, 4.69) is 0 Å². The number of hydrogen-bond donors (Lipinski definition) is 1. The van der Waals surface area contributed by atoms with Crippen LogP contribution in [0.15, 0.2) is 48.5 Å². The molecule has 2 aromatic carbocycles. The first-order valence-electron chi connectivity index (χ1n) is 6.61. The van der Waals surface area contributed by atoms with Crippen LogP contribution >= 0.6 is 44.5 Å². The zero-order valence-electron chi connectivity index (χ0n) is 11.7. The molecule has 3 aromatic rings. The molecule has 3 rings (SSSR count). The molecule has 23 heavy (non-hydrogen) atoms. The molecule has 0 saturated carbocycles. The summed E-state index contributed by atoms with van der Waals surface area (Å²) >= 11 is 10.00. The summed E-state index contributed by atoms with van der Waals surface area (Å²) in [6, 6.07) is 15.3. The lowest BCUT2D eigenvalue weighted by Crippen LogP contribution is -1.92. The van der Waals surface area contributed by atoms with E-state index in [0.29, 0.717) is 5.02 Å². The van der Waals surface area contributed by atoms with Gasteiger partial charge in [-0.3, -0.25) is 0 Å². The highest BCUT2D eigenvalue weighted by Gasteiger charge is 2.15. The van der Waals surface area contributed by atoms with Gasteiger partial charge in [-0.1, -0.05) is 87.0 Å². The van der Waals surface area contributed by atoms with E-state index in [1.165, 1.54) is 0 Å². The van der Waals surface area contributed by atoms with Crippen molar-refractivity contribution in [2.24, 2.45) is 0 Å². The Bertz CT molecular complexity index is 912. The van der Waals surface area contributed by atoms with Crippen LogP contribution in [-0.4, -0.2) is 8.76 Å². The van der Waals surface area contributed by atoms with Gasteiger partial charge in [0.05, 0.1) is 10.6 Å². The Labute approximate surface area is 154 Å². The van der Waals surface area contributed by atoms with E-state index in [1.54, 1.807) is 20.7 Å². The Morgan fingerprint density at radius 1 is 1.09 bits per heavy atom. The maximum absolute atomic E-state index is 10.9. The maximum Gasteiger partial charge on any atom is 0.157 e. The van der Waals surface area contributed by atoms with Crippen LogP contribution in [0.2, 0.25) is 5.02 Å². The van der Waals surface area contributed by atoms with Gasteiger partial charge in [-0.2, -0.15) is 0 Å². The monoisotopic (exact) mass is 398 g/mol. The van der Waals surface area contributed by atoms with Crippen LogP contribution in [-0.2, 0) is 16.8 Å². The Morgan fingerprint density at radius 3 is 2.43 bits per heavy atom. The molecule has 1 aromatic heterocycles. The highest BCUT2D eigenvalue weighted by molar-refractivity contribution is 7.80. The normalized spacial score (nSPS) is 12.3. The Kier molecular flexibility index (Phi) is 5.41. The minimum atomic E-state index is -1.83. The molecule has 0 spiro atoms. The Hall–Kier alpha value is -0.890. The van der Waals surface area contributed by atoms with Gasteiger partial charge in [-0.05, 0) is 17.2 Å². The van der Waals surface area contributed by atoms with Gasteiger partial charge in [0.2, 0.25) is 0 Å². The second-order valence-electron chi connectivity index (χ2n) is 4.80. The van der Waals surface area contributed by atoms with Gasteiger partial charge < -0.3 is 4.55 Å². The summed E-state index contributed by atoms with van der Waals surface area (Å²) in [5.74, 6) is 0.136. The molecule has 7 heteroatoms. The van der Waals surface area contributed by atoms with E-state index in [-0.39, 0.29) is 5.75 Å². The fraction of sp³-hybridized carbons (Fsp3) is 0.0625. The fourth-order valence-electron chi connectivity index (χ4n) is 2.24. The van der Waals surface area contributed by atoms with Gasteiger partial charge in [0, 0.05) is 16.1 Å². The van der Waals surface area contributed by atoms with Crippen LogP contribution in [0, 0.1) is 3.82 Å². The van der Waals surface area contributed by atoms with Crippen molar-refractivity contribution < 1.29 is 8.76 Å². The van der Waals surface area contributed by atoms with Crippen molar-refractivity contribution in [2.45, 2.75) is 5.75 Å². The number of rotatable bonds is 4. The van der Waals surface area contributed by atoms with Crippen LogP contribution in [0.3, 0.4) is 0 Å². The van der Waals surface area contributed by atoms with Crippen molar-refractivity contribution in [1.29, 1.82) is 0 Å². The van der Waals surface area contributed by atoms with Crippen molar-refractivity contribution in [3.63, 3.8) is 0 Å². The third-order valence-corrected chi connectivity index (χ3v) is 7.26. The lowest BCUT2D eigenvalue weighted by atomic mass is 10.0. The third kappa shape index (κ3) is 3.79. The van der Waals surface area contributed by atoms with Crippen LogP contribution in [0.5, 0.6) is 0 Å². The molecule has 0 saturated heterocycles. The van der Waals surface area contributed by atoms with Gasteiger partial charge in [-0.25, -0.2) is 4.21 Å². The third-order valence-electron chi connectivity index (χ3n) is 3.28. The average molecular weight is 399 g/mol. The van der Waals surface area contributed by atoms with Crippen LogP contribution in [0.4, 0.5) is 0 Å². The summed E-state index contributed by atoms with van der Waals surface area (Å²) in [7, 11) is 3.18. The van der Waals surface area contributed by atoms with Crippen LogP contribution in [0.1, 0.15) is 5.56 Å². The van der Waals surface area contributed by atoms with Gasteiger partial charge in [-0.15, -0.1) is 0 Å². The molecule has 0 amide bonds. The first-order chi connectivity index (χ1) is 11.1. The molecule has 0 aliphatic rings. The van der Waals surface area contributed by atoms with Crippen LogP contribution in [0.25, 0.3) is 21.6 Å². The summed E-state index contributed by atoms with van der Waals surface area (Å²) < 4.78 is 20.7. The maximum atomic E-state index is 10.9. The van der Waals surface area contributed by atoms with E-state index in [9.17, 15) is 4.21 Å². The Balaban J connectivity index is 2.07. The lowest BCUT2D eigenvalue weighted by Gasteiger charge is -2.06. The number of hydrogen-bond acceptors (Lipinski definition) is 4. The number of halogens is 1. The molecular weight excluding hydrogens is 388 g/mol. The molecule has 1 unspecified atom stereocenters. The second kappa shape index (κ2) is 7.34. The van der Waals surface area contributed by atoms with Gasteiger partial charge in [0.1, 0.15) is 3.82 Å². The molecule has 2 nitrogen and oxygen atoms in total. The molecule has 0 bridgehead atoms. The molecule has 0 fully saturated rings. The first-order valence-corrected chi connectivity index (χ1v) is 10.8. The van der Waals surface area contributed by atoms with Crippen molar-refractivity contribution in [1.82, 2.24) is 0 Å². The summed E-state index contributed by atoms with van der Waals surface area (Å²) in [6.45, 7) is 0. The highest BCUT2D eigenvalue weighted by Crippen LogP contribution is 2.43. The zero-order chi connectivity index (χ0) is 16.4. The lowest BCUT2D eigenvalue weighted by molar-refractivity contribution is 0.563. The number of benzene rings is 2. The standard InChI is InChI=1S/C16H11ClO2S4/c17-13-4-2-1-3-12(13)14-15(21-22-16(14)20)11-7-5-10(6-8-11)9-23(18)19/h1-8H,9H2,(H,18,19). The molecule has 0 aliphatic heterocycles. The van der Waals surface area contributed by atoms with Crippen molar-refractivity contribution in [3.8, 4) is 21.6 Å². The molecule has 118 valence electrons. The van der Waals surface area contributed by atoms with Gasteiger partial charge in [0.25, 0.3) is 0 Å². The topological polar surface area (TPSA) is 37.3 Å². The molecular formula is C16H11ClO2S4. The summed E-state index contributed by atoms with van der Waals surface area (Å²) in [6.07, 6.45) is 0. The molecule has 1 N–H and O–H groups in total. The van der Waals surface area contributed by atoms with Crippen molar-refractivity contribution in [2.75, 3.05) is 0 Å². The first kappa shape index (κ1) is 17.0. The molecule has 0 aliphatic carbocycles. The summed E-state index contributed by atoms with van der Waals surface area (Å²) in [5.41, 5.74) is 3.78. The van der Waals surface area contributed by atoms with Crippen molar-refractivity contribution in [3.05, 3.63) is 62.9 Å². The van der Waals surface area contributed by atoms with E-state index < -0.39 is 11.1 Å². The van der Waals surface area contributed by atoms with Crippen LogP contribution < -0.4 is 0 Å². The van der Waals surface area contributed by atoms with Crippen molar-refractivity contribution >= 4 is 55.6 Å². The predicted molar refractivity (Wildman–Crippen MR) is 103 cm³/mol. The second-order valence-corrected chi connectivity index (χ2v) is 8.96. The SMILES string of the molecule is O=S(O)Cc1ccc(-c2ssc(=S)c2-c2ccccc2Cl)cc1. The molecule has 1 heterocycles. The molecule has 0 radical (unpaired) electrons. The Morgan fingerprint density at radius 2 is 1.78 bits per heavy atom. The average Bonchev–Trinajstić information content (AvgIpc) is 2.90. The van der Waals surface area contributed by atoms with Gasteiger partial charge in [0.15, 0.2) is 11.1 Å². The zero-order valence-corrected chi connectivity index (χ0v) is 15.7. The largest absolute Gasteiger partial charge is 0.306 e. The predicted octanol–water partition coefficient (Wildman–Crippen LogP) is 6.25. The molecule has 1 atom stereocenters. The summed E-state index contributed by atoms with van der Waals surface area (Å²) in [5, 5.41) is 0.678. The quantitative estimate of drug-likeness (QED) is 0.320. The summed E-state index contributed by atoms with van der Waals surface area (Å²) in [4.78, 5) is 1.07. The highest BCUT2D eigenvalue weighted by atomic mass is 35.5. The smallest absolute Gasteiger partial charge is 0.157 e. The van der Waals surface area contributed by atoms with E-state index in [0.717, 1.165) is 31.0 Å².